The Labute approximate surface area is 149 Å². The summed E-state index contributed by atoms with van der Waals surface area (Å²) in [4.78, 5) is 17.3. The highest BCUT2D eigenvalue weighted by Gasteiger charge is 2.13. The fourth-order valence-electron chi connectivity index (χ4n) is 3.00. The number of fused-ring (bicyclic) bond motifs is 1. The molecule has 3 aromatic rings. The first-order valence-electron chi connectivity index (χ1n) is 7.68. The molecular weight excluding hydrogens is 338 g/mol. The van der Waals surface area contributed by atoms with E-state index >= 15 is 0 Å². The van der Waals surface area contributed by atoms with E-state index in [1.807, 2.05) is 4.57 Å². The third-order valence-electron chi connectivity index (χ3n) is 4.12. The summed E-state index contributed by atoms with van der Waals surface area (Å²) in [7, 11) is 0. The second-order valence-corrected chi connectivity index (χ2v) is 7.62. The van der Waals surface area contributed by atoms with E-state index in [0.717, 1.165) is 5.56 Å². The van der Waals surface area contributed by atoms with Crippen molar-refractivity contribution in [1.82, 2.24) is 14.1 Å². The summed E-state index contributed by atoms with van der Waals surface area (Å²) in [6.45, 7) is 11.1. The van der Waals surface area contributed by atoms with E-state index < -0.39 is 0 Å². The predicted octanol–water partition coefficient (Wildman–Crippen LogP) is 4.15. The molecule has 0 unspecified atom stereocenters. The zero-order chi connectivity index (χ0) is 17.4. The van der Waals surface area contributed by atoms with Crippen molar-refractivity contribution in [2.24, 2.45) is 0 Å². The zero-order valence-corrected chi connectivity index (χ0v) is 15.6. The molecule has 124 valence electrons. The van der Waals surface area contributed by atoms with Crippen LogP contribution in [0.4, 0.5) is 0 Å². The Hall–Kier alpha value is -2.05. The molecule has 0 aliphatic rings. The third-order valence-corrected chi connectivity index (χ3v) is 5.55. The monoisotopic (exact) mass is 357 g/mol. The van der Waals surface area contributed by atoms with Crippen LogP contribution in [0.3, 0.4) is 0 Å². The van der Waals surface area contributed by atoms with Crippen molar-refractivity contribution >= 4 is 33.9 Å². The largest absolute Gasteiger partial charge is 0.304 e. The number of aromatic nitrogens is 3. The molecule has 0 fully saturated rings. The van der Waals surface area contributed by atoms with Crippen molar-refractivity contribution in [3.63, 3.8) is 0 Å². The van der Waals surface area contributed by atoms with Gasteiger partial charge in [0.2, 0.25) is 0 Å². The molecule has 24 heavy (non-hydrogen) atoms. The van der Waals surface area contributed by atoms with Gasteiger partial charge in [-0.2, -0.15) is 0 Å². The Morgan fingerprint density at radius 2 is 1.96 bits per heavy atom. The maximum atomic E-state index is 12.8. The molecule has 0 radical (unpaired) electrons. The van der Waals surface area contributed by atoms with Gasteiger partial charge < -0.3 is 4.57 Å². The van der Waals surface area contributed by atoms with Gasteiger partial charge in [-0.1, -0.05) is 35.1 Å². The normalized spacial score (nSPS) is 11.1. The number of hydrogen-bond donors (Lipinski definition) is 0. The smallest absolute Gasteiger partial charge is 0.273 e. The summed E-state index contributed by atoms with van der Waals surface area (Å²) in [5.74, 6) is 0. The van der Waals surface area contributed by atoms with Gasteiger partial charge in [0.25, 0.3) is 5.56 Å². The topological polar surface area (TPSA) is 39.8 Å². The molecule has 0 saturated heterocycles. The average molecular weight is 358 g/mol. The summed E-state index contributed by atoms with van der Waals surface area (Å²) in [6.07, 6.45) is 3.37. The van der Waals surface area contributed by atoms with Crippen LogP contribution in [0.5, 0.6) is 0 Å². The van der Waals surface area contributed by atoms with E-state index in [2.05, 4.69) is 44.5 Å². The first-order chi connectivity index (χ1) is 11.4. The second-order valence-electron chi connectivity index (χ2n) is 5.97. The van der Waals surface area contributed by atoms with Crippen LogP contribution in [0, 0.1) is 24.7 Å². The van der Waals surface area contributed by atoms with Crippen LogP contribution < -0.4 is 5.56 Å². The molecule has 2 aromatic heterocycles. The Kier molecular flexibility index (Phi) is 4.51. The van der Waals surface area contributed by atoms with Crippen LogP contribution in [-0.4, -0.2) is 14.1 Å². The summed E-state index contributed by atoms with van der Waals surface area (Å²) >= 11 is 6.67. The number of rotatable bonds is 4. The standard InChI is InChI=1S/C18H19N3OS2/c1-5-6-21-16-15(24-18(21)23)17(22)20(10-19-16)9-14-12(3)7-11(2)8-13(14)4/h5,7-8,10H,1,6,9H2,2-4H3. The van der Waals surface area contributed by atoms with Crippen LogP contribution in [0.15, 0.2) is 35.9 Å². The van der Waals surface area contributed by atoms with Gasteiger partial charge in [-0.3, -0.25) is 9.36 Å². The van der Waals surface area contributed by atoms with Crippen molar-refractivity contribution in [3.8, 4) is 0 Å². The summed E-state index contributed by atoms with van der Waals surface area (Å²) in [5.41, 5.74) is 5.38. The van der Waals surface area contributed by atoms with Crippen molar-refractivity contribution in [2.45, 2.75) is 33.9 Å². The lowest BCUT2D eigenvalue weighted by molar-refractivity contribution is 0.734. The Morgan fingerprint density at radius 1 is 1.29 bits per heavy atom. The summed E-state index contributed by atoms with van der Waals surface area (Å²) < 4.78 is 4.76. The molecule has 0 saturated carbocycles. The molecule has 0 amide bonds. The second kappa shape index (κ2) is 6.45. The van der Waals surface area contributed by atoms with Gasteiger partial charge in [0.05, 0.1) is 6.54 Å². The average Bonchev–Trinajstić information content (AvgIpc) is 2.83. The Balaban J connectivity index is 2.13. The molecular formula is C18H19N3OS2. The van der Waals surface area contributed by atoms with Crippen LogP contribution >= 0.6 is 23.6 Å². The number of benzene rings is 1. The van der Waals surface area contributed by atoms with E-state index in [-0.39, 0.29) is 5.56 Å². The molecule has 2 heterocycles. The highest BCUT2D eigenvalue weighted by Crippen LogP contribution is 2.20. The first kappa shape index (κ1) is 16.8. The summed E-state index contributed by atoms with van der Waals surface area (Å²) in [6, 6.07) is 4.29. The SMILES string of the molecule is C=CCn1c(=S)sc2c(=O)n(Cc3c(C)cc(C)cc3C)cnc21. The van der Waals surface area contributed by atoms with Gasteiger partial charge in [-0.25, -0.2) is 4.98 Å². The third kappa shape index (κ3) is 2.87. The van der Waals surface area contributed by atoms with Crippen LogP contribution in [0.2, 0.25) is 0 Å². The minimum Gasteiger partial charge on any atom is -0.304 e. The Morgan fingerprint density at radius 3 is 2.58 bits per heavy atom. The number of hydrogen-bond acceptors (Lipinski definition) is 4. The van der Waals surface area contributed by atoms with Crippen molar-refractivity contribution in [3.05, 3.63) is 67.7 Å². The van der Waals surface area contributed by atoms with Crippen molar-refractivity contribution in [2.75, 3.05) is 0 Å². The van der Waals surface area contributed by atoms with Crippen molar-refractivity contribution in [1.29, 1.82) is 0 Å². The molecule has 3 rings (SSSR count). The maximum Gasteiger partial charge on any atom is 0.273 e. The van der Waals surface area contributed by atoms with Gasteiger partial charge >= 0.3 is 0 Å². The quantitative estimate of drug-likeness (QED) is 0.520. The molecule has 0 aliphatic heterocycles. The molecule has 0 spiro atoms. The van der Waals surface area contributed by atoms with Crippen LogP contribution in [0.1, 0.15) is 22.3 Å². The van der Waals surface area contributed by atoms with E-state index in [1.54, 1.807) is 17.0 Å². The molecule has 0 N–H and O–H groups in total. The van der Waals surface area contributed by atoms with Crippen molar-refractivity contribution < 1.29 is 0 Å². The zero-order valence-electron chi connectivity index (χ0n) is 14.0. The molecule has 0 aliphatic carbocycles. The molecule has 1 aromatic carbocycles. The molecule has 0 bridgehead atoms. The van der Waals surface area contributed by atoms with Gasteiger partial charge in [-0.05, 0) is 49.7 Å². The highest BCUT2D eigenvalue weighted by atomic mass is 32.1. The number of thiazole rings is 1. The van der Waals surface area contributed by atoms with E-state index in [1.165, 1.54) is 28.0 Å². The lowest BCUT2D eigenvalue weighted by atomic mass is 10.00. The minimum absolute atomic E-state index is 0.0433. The fraction of sp³-hybridized carbons (Fsp3) is 0.278. The molecule has 0 atom stereocenters. The van der Waals surface area contributed by atoms with E-state index in [0.29, 0.717) is 27.4 Å². The van der Waals surface area contributed by atoms with Gasteiger partial charge in [0, 0.05) is 6.54 Å². The fourth-order valence-corrected chi connectivity index (χ4v) is 4.32. The van der Waals surface area contributed by atoms with Gasteiger partial charge in [0.1, 0.15) is 11.0 Å². The number of allylic oxidation sites excluding steroid dienone is 1. The highest BCUT2D eigenvalue weighted by molar-refractivity contribution is 7.73. The number of nitrogens with zero attached hydrogens (tertiary/aromatic N) is 3. The van der Waals surface area contributed by atoms with E-state index in [4.69, 9.17) is 12.2 Å². The van der Waals surface area contributed by atoms with Gasteiger partial charge in [-0.15, -0.1) is 6.58 Å². The molecule has 4 nitrogen and oxygen atoms in total. The van der Waals surface area contributed by atoms with Crippen LogP contribution in [-0.2, 0) is 13.1 Å². The number of aryl methyl sites for hydroxylation is 3. The van der Waals surface area contributed by atoms with Crippen LogP contribution in [0.25, 0.3) is 10.3 Å². The lowest BCUT2D eigenvalue weighted by Gasteiger charge is -2.13. The maximum absolute atomic E-state index is 12.8. The predicted molar refractivity (Wildman–Crippen MR) is 103 cm³/mol. The lowest BCUT2D eigenvalue weighted by Crippen LogP contribution is -2.21. The summed E-state index contributed by atoms with van der Waals surface area (Å²) in [5, 5.41) is 0. The first-order valence-corrected chi connectivity index (χ1v) is 8.91. The Bertz CT molecular complexity index is 1030. The van der Waals surface area contributed by atoms with Gasteiger partial charge in [0.15, 0.2) is 9.60 Å². The van der Waals surface area contributed by atoms with E-state index in [9.17, 15) is 4.79 Å². The molecule has 6 heteroatoms. The minimum atomic E-state index is -0.0433.